The number of benzene rings is 2. The van der Waals surface area contributed by atoms with Crippen molar-refractivity contribution >= 4 is 35.3 Å². The number of carbonyl (C=O) groups is 2. The van der Waals surface area contributed by atoms with Gasteiger partial charge in [0.2, 0.25) is 11.8 Å². The highest BCUT2D eigenvalue weighted by atomic mass is 35.5. The van der Waals surface area contributed by atoms with E-state index in [2.05, 4.69) is 15.8 Å². The van der Waals surface area contributed by atoms with E-state index in [1.54, 1.807) is 37.3 Å². The average molecular weight is 390 g/mol. The van der Waals surface area contributed by atoms with Crippen molar-refractivity contribution in [2.24, 2.45) is 5.10 Å². The van der Waals surface area contributed by atoms with Crippen molar-refractivity contribution in [3.05, 3.63) is 52.5 Å². The van der Waals surface area contributed by atoms with Crippen LogP contribution >= 0.6 is 11.6 Å². The Bertz CT molecular complexity index is 868. The molecule has 2 aromatic carbocycles. The molecule has 0 bridgehead atoms. The first-order valence-corrected chi connectivity index (χ1v) is 8.52. The average Bonchev–Trinajstić information content (AvgIpc) is 2.64. The summed E-state index contributed by atoms with van der Waals surface area (Å²) in [6.07, 6.45) is 1.37. The first-order valence-electron chi connectivity index (χ1n) is 8.14. The molecule has 0 saturated carbocycles. The molecule has 2 amide bonds. The van der Waals surface area contributed by atoms with Gasteiger partial charge in [0.05, 0.1) is 13.3 Å². The number of hydrogen-bond acceptors (Lipinski definition) is 5. The molecule has 2 rings (SSSR count). The summed E-state index contributed by atoms with van der Waals surface area (Å²) in [5, 5.41) is 16.8. The predicted molar refractivity (Wildman–Crippen MR) is 104 cm³/mol. The van der Waals surface area contributed by atoms with Crippen LogP contribution in [0.15, 0.2) is 41.5 Å². The van der Waals surface area contributed by atoms with Gasteiger partial charge in [0.1, 0.15) is 0 Å². The molecule has 3 N–H and O–H groups in total. The third-order valence-electron chi connectivity index (χ3n) is 3.73. The second-order valence-corrected chi connectivity index (χ2v) is 6.09. The molecule has 0 fully saturated rings. The van der Waals surface area contributed by atoms with E-state index in [4.69, 9.17) is 16.3 Å². The Morgan fingerprint density at radius 1 is 1.22 bits per heavy atom. The number of hydrazone groups is 1. The van der Waals surface area contributed by atoms with Crippen molar-refractivity contribution in [3.63, 3.8) is 0 Å². The zero-order valence-electron chi connectivity index (χ0n) is 15.0. The van der Waals surface area contributed by atoms with Crippen molar-refractivity contribution in [2.45, 2.75) is 19.8 Å². The van der Waals surface area contributed by atoms with Crippen LogP contribution in [0.1, 0.15) is 24.0 Å². The third-order valence-corrected chi connectivity index (χ3v) is 4.14. The lowest BCUT2D eigenvalue weighted by Gasteiger charge is -2.09. The Balaban J connectivity index is 1.79. The van der Waals surface area contributed by atoms with E-state index >= 15 is 0 Å². The number of methoxy groups -OCH3 is 1. The number of anilines is 1. The molecule has 8 heteroatoms. The van der Waals surface area contributed by atoms with E-state index < -0.39 is 5.91 Å². The Morgan fingerprint density at radius 2 is 1.96 bits per heavy atom. The third kappa shape index (κ3) is 6.00. The highest BCUT2D eigenvalue weighted by molar-refractivity contribution is 6.31. The lowest BCUT2D eigenvalue weighted by atomic mass is 10.2. The van der Waals surface area contributed by atoms with Gasteiger partial charge in [0, 0.05) is 23.6 Å². The van der Waals surface area contributed by atoms with Crippen molar-refractivity contribution in [3.8, 4) is 11.5 Å². The maximum Gasteiger partial charge on any atom is 0.240 e. The first-order chi connectivity index (χ1) is 12.9. The van der Waals surface area contributed by atoms with E-state index in [1.165, 1.54) is 19.4 Å². The summed E-state index contributed by atoms with van der Waals surface area (Å²) >= 11 is 6.01. The van der Waals surface area contributed by atoms with Crippen LogP contribution in [-0.2, 0) is 9.59 Å². The number of phenolic OH excluding ortho intramolecular Hbond substituents is 1. The van der Waals surface area contributed by atoms with Gasteiger partial charge in [-0.05, 0) is 48.4 Å². The molecule has 142 valence electrons. The minimum Gasteiger partial charge on any atom is -0.504 e. The van der Waals surface area contributed by atoms with Crippen LogP contribution in [0, 0.1) is 6.92 Å². The quantitative estimate of drug-likeness (QED) is 0.500. The fraction of sp³-hybridized carbons (Fsp3) is 0.211. The number of rotatable bonds is 7. The van der Waals surface area contributed by atoms with Gasteiger partial charge in [-0.15, -0.1) is 0 Å². The summed E-state index contributed by atoms with van der Waals surface area (Å²) in [5.74, 6) is -0.376. The fourth-order valence-electron chi connectivity index (χ4n) is 2.20. The molecule has 27 heavy (non-hydrogen) atoms. The van der Waals surface area contributed by atoms with E-state index in [0.29, 0.717) is 22.0 Å². The zero-order valence-corrected chi connectivity index (χ0v) is 15.7. The maximum absolute atomic E-state index is 12.0. The van der Waals surface area contributed by atoms with Gasteiger partial charge in [0.25, 0.3) is 0 Å². The standard InChI is InChI=1S/C19H20ClN3O4/c1-12-14(20)4-3-5-15(12)22-18(25)8-9-19(26)23-21-11-13-6-7-17(27-2)16(24)10-13/h3-7,10-11,24H,8-9H2,1-2H3,(H,22,25)(H,23,26). The normalized spacial score (nSPS) is 10.6. The van der Waals surface area contributed by atoms with Crippen molar-refractivity contribution < 1.29 is 19.4 Å². The Kier molecular flexibility index (Phi) is 7.19. The van der Waals surface area contributed by atoms with E-state index in [9.17, 15) is 14.7 Å². The summed E-state index contributed by atoms with van der Waals surface area (Å²) in [4.78, 5) is 23.7. The van der Waals surface area contributed by atoms with Crippen molar-refractivity contribution in [2.75, 3.05) is 12.4 Å². The Morgan fingerprint density at radius 3 is 2.67 bits per heavy atom. The number of nitrogens with zero attached hydrogens (tertiary/aromatic N) is 1. The molecule has 0 spiro atoms. The number of aromatic hydroxyl groups is 1. The van der Waals surface area contributed by atoms with Crippen molar-refractivity contribution in [1.29, 1.82) is 0 Å². The molecule has 0 aromatic heterocycles. The van der Waals surface area contributed by atoms with Gasteiger partial charge in [-0.1, -0.05) is 17.7 Å². The minimum atomic E-state index is -0.401. The van der Waals surface area contributed by atoms with E-state index in [0.717, 1.165) is 5.56 Å². The molecular formula is C19H20ClN3O4. The van der Waals surface area contributed by atoms with Crippen molar-refractivity contribution in [1.82, 2.24) is 5.43 Å². The van der Waals surface area contributed by atoms with Crippen LogP contribution < -0.4 is 15.5 Å². The smallest absolute Gasteiger partial charge is 0.240 e. The molecule has 0 radical (unpaired) electrons. The second kappa shape index (κ2) is 9.59. The summed E-state index contributed by atoms with van der Waals surface area (Å²) in [6.45, 7) is 1.80. The van der Waals surface area contributed by atoms with Gasteiger partial charge < -0.3 is 15.2 Å². The molecular weight excluding hydrogens is 370 g/mol. The van der Waals surface area contributed by atoms with Gasteiger partial charge in [-0.3, -0.25) is 9.59 Å². The molecule has 0 aliphatic carbocycles. The molecule has 0 heterocycles. The van der Waals surface area contributed by atoms with E-state index in [1.807, 2.05) is 0 Å². The van der Waals surface area contributed by atoms with Gasteiger partial charge in [0.15, 0.2) is 11.5 Å². The summed E-state index contributed by atoms with van der Waals surface area (Å²) in [6, 6.07) is 9.93. The number of ether oxygens (including phenoxy) is 1. The first kappa shape index (κ1) is 20.3. The van der Waals surface area contributed by atoms with Crippen LogP contribution in [0.25, 0.3) is 0 Å². The van der Waals surface area contributed by atoms with Crippen LogP contribution in [0.5, 0.6) is 11.5 Å². The topological polar surface area (TPSA) is 100 Å². The van der Waals surface area contributed by atoms with E-state index in [-0.39, 0.29) is 24.5 Å². The highest BCUT2D eigenvalue weighted by Gasteiger charge is 2.09. The van der Waals surface area contributed by atoms with Crippen LogP contribution in [0.3, 0.4) is 0 Å². The van der Waals surface area contributed by atoms with Gasteiger partial charge in [-0.2, -0.15) is 5.10 Å². The molecule has 0 saturated heterocycles. The van der Waals surface area contributed by atoms with Gasteiger partial charge in [-0.25, -0.2) is 5.43 Å². The van der Waals surface area contributed by atoms with Crippen LogP contribution in [0.4, 0.5) is 5.69 Å². The number of amides is 2. The second-order valence-electron chi connectivity index (χ2n) is 5.69. The Labute approximate surface area is 162 Å². The highest BCUT2D eigenvalue weighted by Crippen LogP contribution is 2.25. The van der Waals surface area contributed by atoms with Crippen LogP contribution in [-0.4, -0.2) is 30.2 Å². The predicted octanol–water partition coefficient (Wildman–Crippen LogP) is 3.23. The lowest BCUT2D eigenvalue weighted by molar-refractivity contribution is -0.124. The Hall–Kier alpha value is -3.06. The number of carbonyl (C=O) groups excluding carboxylic acids is 2. The largest absolute Gasteiger partial charge is 0.504 e. The fourth-order valence-corrected chi connectivity index (χ4v) is 2.38. The summed E-state index contributed by atoms with van der Waals surface area (Å²) in [5.41, 5.74) is 4.31. The SMILES string of the molecule is COc1ccc(C=NNC(=O)CCC(=O)Nc2cccc(Cl)c2C)cc1O. The number of phenols is 1. The molecule has 0 aliphatic rings. The van der Waals surface area contributed by atoms with Gasteiger partial charge >= 0.3 is 0 Å². The molecule has 0 atom stereocenters. The summed E-state index contributed by atoms with van der Waals surface area (Å²) < 4.78 is 4.94. The number of nitrogens with one attached hydrogen (secondary N) is 2. The maximum atomic E-state index is 12.0. The summed E-state index contributed by atoms with van der Waals surface area (Å²) in [7, 11) is 1.45. The zero-order chi connectivity index (χ0) is 19.8. The number of hydrogen-bond donors (Lipinski definition) is 3. The molecule has 7 nitrogen and oxygen atoms in total. The van der Waals surface area contributed by atoms with Crippen LogP contribution in [0.2, 0.25) is 5.02 Å². The lowest BCUT2D eigenvalue weighted by Crippen LogP contribution is -2.20. The molecule has 2 aromatic rings. The molecule has 0 unspecified atom stereocenters. The number of halogens is 1. The molecule has 0 aliphatic heterocycles. The minimum absolute atomic E-state index is 0.0105. The monoisotopic (exact) mass is 389 g/mol.